The van der Waals surface area contributed by atoms with Crippen molar-refractivity contribution in [1.82, 2.24) is 0 Å². The molecule has 0 amide bonds. The molecule has 1 atom stereocenters. The Kier molecular flexibility index (Phi) is 10.7. The summed E-state index contributed by atoms with van der Waals surface area (Å²) >= 11 is 2.06. The zero-order valence-corrected chi connectivity index (χ0v) is 28.8. The van der Waals surface area contributed by atoms with Gasteiger partial charge in [0.1, 0.15) is 8.07 Å². The van der Waals surface area contributed by atoms with Crippen molar-refractivity contribution in [3.63, 3.8) is 0 Å². The summed E-state index contributed by atoms with van der Waals surface area (Å²) in [5.74, 6) is 0.793. The molecule has 1 unspecified atom stereocenters. The summed E-state index contributed by atoms with van der Waals surface area (Å²) < 4.78 is 0. The van der Waals surface area contributed by atoms with Crippen molar-refractivity contribution in [3.05, 3.63) is 98.1 Å². The van der Waals surface area contributed by atoms with E-state index in [-0.39, 0.29) is 56.4 Å². The van der Waals surface area contributed by atoms with Crippen molar-refractivity contribution in [1.29, 1.82) is 0 Å². The van der Waals surface area contributed by atoms with Crippen molar-refractivity contribution in [2.75, 3.05) is 0 Å². The van der Waals surface area contributed by atoms with Gasteiger partial charge in [-0.15, -0.1) is 34.5 Å². The number of hydrogen-bond acceptors (Lipinski definition) is 1. The first kappa shape index (κ1) is 32.5. The summed E-state index contributed by atoms with van der Waals surface area (Å²) in [5.41, 5.74) is 5.66. The van der Waals surface area contributed by atoms with Crippen molar-refractivity contribution >= 4 is 30.6 Å². The van der Waals surface area contributed by atoms with Crippen LogP contribution >= 0.6 is 11.8 Å². The maximum atomic E-state index is 2.50. The largest absolute Gasteiger partial charge is 3.00 e. The fourth-order valence-electron chi connectivity index (χ4n) is 5.79. The van der Waals surface area contributed by atoms with Crippen molar-refractivity contribution in [2.45, 2.75) is 66.0 Å². The molecule has 3 aromatic rings. The Bertz CT molecular complexity index is 1350. The van der Waals surface area contributed by atoms with Gasteiger partial charge >= 0.3 is 26.2 Å². The van der Waals surface area contributed by atoms with Gasteiger partial charge in [-0.25, -0.2) is 0 Å². The third-order valence-electron chi connectivity index (χ3n) is 7.85. The average molecular weight is 644 g/mol. The second kappa shape index (κ2) is 12.2. The Labute approximate surface area is 260 Å². The first-order chi connectivity index (χ1) is 16.1. The fraction of sp³-hybridized carbons (Fsp3) is 0.344. The zero-order chi connectivity index (χ0) is 24.3. The van der Waals surface area contributed by atoms with Crippen molar-refractivity contribution < 1.29 is 51.0 Å². The van der Waals surface area contributed by atoms with Crippen molar-refractivity contribution in [3.8, 4) is 11.1 Å². The second-order valence-corrected chi connectivity index (χ2v) is 16.9. The molecule has 3 aliphatic rings. The quantitative estimate of drug-likeness (QED) is 0.310. The van der Waals surface area contributed by atoms with Crippen LogP contribution < -0.4 is 24.8 Å². The van der Waals surface area contributed by atoms with E-state index in [2.05, 4.69) is 126 Å². The van der Waals surface area contributed by atoms with Gasteiger partial charge in [-0.1, -0.05) is 118 Å². The van der Waals surface area contributed by atoms with Crippen LogP contribution in [0.1, 0.15) is 52.2 Å². The van der Waals surface area contributed by atoms with Gasteiger partial charge in [-0.05, 0) is 39.2 Å². The first-order valence-corrected chi connectivity index (χ1v) is 16.6. The summed E-state index contributed by atoms with van der Waals surface area (Å²) in [7, 11) is -1.08. The number of thioether (sulfide) groups is 1. The number of benzene rings is 2. The predicted octanol–water partition coefficient (Wildman–Crippen LogP) is 3.73. The topological polar surface area (TPSA) is 0 Å². The molecule has 2 aliphatic heterocycles. The van der Waals surface area contributed by atoms with E-state index >= 15 is 0 Å². The Morgan fingerprint density at radius 1 is 0.919 bits per heavy atom. The van der Waals surface area contributed by atoms with Crippen molar-refractivity contribution in [2.24, 2.45) is 5.92 Å². The van der Waals surface area contributed by atoms with E-state index in [4.69, 9.17) is 0 Å². The SMILES string of the molecule is CCC1=C2C3C(=CC=C3[Si]2(C)C)S1.CCc1cc2c(-c3ccc(C(C)(C)C)cc3)cccc2[cH-]1.[Cl-].[Cl-].[Zr+3]. The maximum Gasteiger partial charge on any atom is 3.00 e. The third kappa shape index (κ3) is 5.78. The minimum Gasteiger partial charge on any atom is -1.00 e. The van der Waals surface area contributed by atoms with E-state index in [0.717, 1.165) is 12.3 Å². The molecule has 3 aromatic carbocycles. The van der Waals surface area contributed by atoms with E-state index in [1.165, 1.54) is 39.4 Å². The first-order valence-electron chi connectivity index (χ1n) is 12.8. The molecule has 1 aliphatic carbocycles. The molecule has 37 heavy (non-hydrogen) atoms. The van der Waals surface area contributed by atoms with Gasteiger partial charge in [0.25, 0.3) is 0 Å². The van der Waals surface area contributed by atoms with E-state index in [0.29, 0.717) is 0 Å². The van der Waals surface area contributed by atoms with Crippen LogP contribution in [0.5, 0.6) is 0 Å². The average Bonchev–Trinajstić information content (AvgIpc) is 3.48. The molecule has 0 aromatic heterocycles. The molecule has 1 fully saturated rings. The predicted molar refractivity (Wildman–Crippen MR) is 155 cm³/mol. The summed E-state index contributed by atoms with van der Waals surface area (Å²) in [6, 6.07) is 20.3. The van der Waals surface area contributed by atoms with Crippen LogP contribution in [0.3, 0.4) is 0 Å². The second-order valence-electron chi connectivity index (χ2n) is 11.4. The molecule has 5 heteroatoms. The van der Waals surface area contributed by atoms with Gasteiger partial charge in [-0.3, -0.25) is 0 Å². The summed E-state index contributed by atoms with van der Waals surface area (Å²) in [5, 5.41) is 6.37. The van der Waals surface area contributed by atoms with E-state index < -0.39 is 8.07 Å². The number of halogens is 2. The number of fused-ring (bicyclic) bond motifs is 1. The molecular weight excluding hydrogens is 607 g/mol. The molecule has 0 saturated carbocycles. The molecule has 193 valence electrons. The Morgan fingerprint density at radius 3 is 2.19 bits per heavy atom. The molecule has 1 saturated heterocycles. The molecular formula is C32H37Cl2SSiZr. The molecule has 6 rings (SSSR count). The Morgan fingerprint density at radius 2 is 1.59 bits per heavy atom. The monoisotopic (exact) mass is 641 g/mol. The van der Waals surface area contributed by atoms with Gasteiger partial charge < -0.3 is 24.8 Å². The van der Waals surface area contributed by atoms with Crippen LogP contribution in [-0.2, 0) is 38.0 Å². The molecule has 0 nitrogen and oxygen atoms in total. The summed E-state index contributed by atoms with van der Waals surface area (Å²) in [6.07, 6.45) is 7.10. The fourth-order valence-corrected chi connectivity index (χ4v) is 11.6. The number of rotatable bonds is 3. The van der Waals surface area contributed by atoms with E-state index in [1.54, 1.807) is 15.0 Å². The number of aryl methyl sites for hydroxylation is 1. The minimum absolute atomic E-state index is 0. The standard InChI is InChI=1S/C21H23.C11H14SSi.2ClH.Zr/c1-5-15-13-17-7-6-8-19(20(17)14-15)16-9-11-18(12-10-16)21(2,3)4;1-4-7-11-10-8(12-7)5-6-9(10)13(11,2)3;;;/h6-14H,5H2,1-4H3;5-6,10H,4H2,1-3H3;2*1H;/q-1;;;;+3/p-2. The van der Waals surface area contributed by atoms with Gasteiger partial charge in [0.15, 0.2) is 0 Å². The van der Waals surface area contributed by atoms with Gasteiger partial charge in [-0.2, -0.15) is 6.07 Å². The number of allylic oxidation sites excluding steroid dienone is 6. The summed E-state index contributed by atoms with van der Waals surface area (Å²) in [6.45, 7) is 16.3. The van der Waals surface area contributed by atoms with Crippen LogP contribution in [0, 0.1) is 5.92 Å². The molecule has 0 N–H and O–H groups in total. The van der Waals surface area contributed by atoms with Gasteiger partial charge in [0, 0.05) is 5.92 Å². The minimum atomic E-state index is -1.08. The normalized spacial score (nSPS) is 18.3. The Balaban J connectivity index is 0.000000261. The molecule has 0 bridgehead atoms. The van der Waals surface area contributed by atoms with Gasteiger partial charge in [0.05, 0.1) is 0 Å². The van der Waals surface area contributed by atoms with Crippen LogP contribution in [0.2, 0.25) is 13.1 Å². The maximum absolute atomic E-state index is 2.50. The zero-order valence-electron chi connectivity index (χ0n) is 23.0. The van der Waals surface area contributed by atoms with Crippen LogP contribution in [0.4, 0.5) is 0 Å². The number of hydrogen-bond donors (Lipinski definition) is 0. The van der Waals surface area contributed by atoms with Crippen LogP contribution in [0.25, 0.3) is 21.9 Å². The van der Waals surface area contributed by atoms with Gasteiger partial charge in [0.2, 0.25) is 0 Å². The van der Waals surface area contributed by atoms with E-state index in [9.17, 15) is 0 Å². The van der Waals surface area contributed by atoms with Crippen LogP contribution in [-0.4, -0.2) is 8.07 Å². The Hall–Kier alpha value is -0.700. The third-order valence-corrected chi connectivity index (χ3v) is 13.2. The smallest absolute Gasteiger partial charge is 1.00 e. The summed E-state index contributed by atoms with van der Waals surface area (Å²) in [4.78, 5) is 3.32. The molecule has 0 spiro atoms. The van der Waals surface area contributed by atoms with Crippen LogP contribution in [0.15, 0.2) is 87.0 Å². The molecule has 2 heterocycles. The molecule has 1 radical (unpaired) electrons. The van der Waals surface area contributed by atoms with E-state index in [1.807, 2.05) is 5.20 Å².